The van der Waals surface area contributed by atoms with Crippen LogP contribution < -0.4 is 4.72 Å². The fourth-order valence-corrected chi connectivity index (χ4v) is 2.67. The zero-order chi connectivity index (χ0) is 14.5. The van der Waals surface area contributed by atoms with Gasteiger partial charge in [0, 0.05) is 18.3 Å². The van der Waals surface area contributed by atoms with Gasteiger partial charge in [0.2, 0.25) is 10.0 Å². The number of sulfonamides is 1. The van der Waals surface area contributed by atoms with Crippen molar-refractivity contribution in [3.8, 4) is 0 Å². The molecule has 2 atom stereocenters. The maximum atomic E-state index is 11.7. The minimum Gasteiger partial charge on any atom is -0.480 e. The van der Waals surface area contributed by atoms with Gasteiger partial charge in [-0.25, -0.2) is 8.42 Å². The standard InChI is InChI=1S/C11H16N2O5S/c1-8(14)10(11(15)16)13-19(17,18)7-5-9-4-2-3-6-12-9/h2-4,6,8,10,13-14H,5,7H2,1H3,(H,15,16)/t8-,10+/m1/s1. The number of hydrogen-bond acceptors (Lipinski definition) is 5. The molecule has 0 aliphatic heterocycles. The Kier molecular flexibility index (Phi) is 5.40. The Morgan fingerprint density at radius 1 is 1.47 bits per heavy atom. The van der Waals surface area contributed by atoms with Gasteiger partial charge >= 0.3 is 5.97 Å². The van der Waals surface area contributed by atoms with Crippen LogP contribution in [0.2, 0.25) is 0 Å². The molecule has 0 aliphatic rings. The molecule has 0 unspecified atom stereocenters. The monoisotopic (exact) mass is 288 g/mol. The molecular weight excluding hydrogens is 272 g/mol. The molecule has 0 fully saturated rings. The molecule has 0 spiro atoms. The number of pyridine rings is 1. The van der Waals surface area contributed by atoms with E-state index in [1.54, 1.807) is 24.4 Å². The average Bonchev–Trinajstić information content (AvgIpc) is 2.34. The fourth-order valence-electron chi connectivity index (χ4n) is 1.39. The van der Waals surface area contributed by atoms with Crippen LogP contribution in [0, 0.1) is 0 Å². The third-order valence-electron chi connectivity index (χ3n) is 2.41. The Balaban J connectivity index is 2.64. The molecule has 106 valence electrons. The molecule has 1 aromatic heterocycles. The van der Waals surface area contributed by atoms with Gasteiger partial charge in [-0.2, -0.15) is 4.72 Å². The normalized spacial score (nSPS) is 14.8. The number of aliphatic hydroxyl groups excluding tert-OH is 1. The van der Waals surface area contributed by atoms with Gasteiger partial charge in [0.05, 0.1) is 11.9 Å². The van der Waals surface area contributed by atoms with Crippen LogP contribution in [0.25, 0.3) is 0 Å². The summed E-state index contributed by atoms with van der Waals surface area (Å²) < 4.78 is 25.4. The van der Waals surface area contributed by atoms with Gasteiger partial charge in [0.25, 0.3) is 0 Å². The Labute approximate surface area is 111 Å². The summed E-state index contributed by atoms with van der Waals surface area (Å²) in [5, 5.41) is 18.0. The number of aromatic nitrogens is 1. The molecule has 0 saturated heterocycles. The van der Waals surface area contributed by atoms with Crippen LogP contribution in [0.15, 0.2) is 24.4 Å². The molecule has 1 aromatic rings. The Bertz CT molecular complexity index is 515. The van der Waals surface area contributed by atoms with E-state index >= 15 is 0 Å². The highest BCUT2D eigenvalue weighted by molar-refractivity contribution is 7.89. The molecular formula is C11H16N2O5S. The molecule has 0 saturated carbocycles. The molecule has 0 aromatic carbocycles. The van der Waals surface area contributed by atoms with E-state index in [0.717, 1.165) is 0 Å². The van der Waals surface area contributed by atoms with E-state index in [4.69, 9.17) is 5.11 Å². The smallest absolute Gasteiger partial charge is 0.324 e. The summed E-state index contributed by atoms with van der Waals surface area (Å²) in [6.45, 7) is 1.21. The van der Waals surface area contributed by atoms with E-state index < -0.39 is 28.1 Å². The van der Waals surface area contributed by atoms with E-state index in [-0.39, 0.29) is 12.2 Å². The number of aryl methyl sites for hydroxylation is 1. The molecule has 0 bridgehead atoms. The summed E-state index contributed by atoms with van der Waals surface area (Å²) in [5.74, 6) is -1.71. The first-order valence-electron chi connectivity index (χ1n) is 5.62. The molecule has 0 amide bonds. The first-order chi connectivity index (χ1) is 8.82. The van der Waals surface area contributed by atoms with Gasteiger partial charge in [-0.3, -0.25) is 9.78 Å². The van der Waals surface area contributed by atoms with Crippen LogP contribution in [-0.2, 0) is 21.2 Å². The molecule has 3 N–H and O–H groups in total. The van der Waals surface area contributed by atoms with Gasteiger partial charge in [0.15, 0.2) is 0 Å². The van der Waals surface area contributed by atoms with Crippen molar-refractivity contribution in [2.75, 3.05) is 5.75 Å². The van der Waals surface area contributed by atoms with Crippen LogP contribution >= 0.6 is 0 Å². The van der Waals surface area contributed by atoms with Crippen molar-refractivity contribution >= 4 is 16.0 Å². The van der Waals surface area contributed by atoms with Gasteiger partial charge < -0.3 is 10.2 Å². The lowest BCUT2D eigenvalue weighted by atomic mass is 10.2. The van der Waals surface area contributed by atoms with Gasteiger partial charge in [0.1, 0.15) is 6.04 Å². The van der Waals surface area contributed by atoms with Crippen molar-refractivity contribution in [2.45, 2.75) is 25.5 Å². The first kappa shape index (κ1) is 15.5. The highest BCUT2D eigenvalue weighted by Gasteiger charge is 2.28. The van der Waals surface area contributed by atoms with E-state index in [0.29, 0.717) is 5.69 Å². The second-order valence-corrected chi connectivity index (χ2v) is 5.94. The van der Waals surface area contributed by atoms with Crippen molar-refractivity contribution in [1.29, 1.82) is 0 Å². The van der Waals surface area contributed by atoms with E-state index in [2.05, 4.69) is 4.98 Å². The lowest BCUT2D eigenvalue weighted by Crippen LogP contribution is -2.48. The highest BCUT2D eigenvalue weighted by Crippen LogP contribution is 2.01. The maximum Gasteiger partial charge on any atom is 0.324 e. The van der Waals surface area contributed by atoms with Crippen molar-refractivity contribution in [2.24, 2.45) is 0 Å². The van der Waals surface area contributed by atoms with Crippen LogP contribution in [0.5, 0.6) is 0 Å². The highest BCUT2D eigenvalue weighted by atomic mass is 32.2. The van der Waals surface area contributed by atoms with Crippen LogP contribution in [0.4, 0.5) is 0 Å². The zero-order valence-corrected chi connectivity index (χ0v) is 11.2. The maximum absolute atomic E-state index is 11.7. The first-order valence-corrected chi connectivity index (χ1v) is 7.28. The summed E-state index contributed by atoms with van der Waals surface area (Å²) in [4.78, 5) is 14.8. The van der Waals surface area contributed by atoms with Crippen molar-refractivity contribution in [3.63, 3.8) is 0 Å². The van der Waals surface area contributed by atoms with E-state index in [1.165, 1.54) is 6.92 Å². The third-order valence-corrected chi connectivity index (χ3v) is 3.76. The van der Waals surface area contributed by atoms with Crippen molar-refractivity contribution in [1.82, 2.24) is 9.71 Å². The topological polar surface area (TPSA) is 117 Å². The number of nitrogens with one attached hydrogen (secondary N) is 1. The Morgan fingerprint density at radius 3 is 2.63 bits per heavy atom. The van der Waals surface area contributed by atoms with E-state index in [9.17, 15) is 18.3 Å². The number of hydrogen-bond donors (Lipinski definition) is 3. The summed E-state index contributed by atoms with van der Waals surface area (Å²) in [6, 6.07) is 3.58. The molecule has 1 rings (SSSR count). The lowest BCUT2D eigenvalue weighted by Gasteiger charge is -2.16. The van der Waals surface area contributed by atoms with E-state index in [1.807, 2.05) is 4.72 Å². The zero-order valence-electron chi connectivity index (χ0n) is 10.4. The quantitative estimate of drug-likeness (QED) is 0.615. The summed E-state index contributed by atoms with van der Waals surface area (Å²) in [7, 11) is -3.80. The summed E-state index contributed by atoms with van der Waals surface area (Å²) >= 11 is 0. The number of carboxylic acid groups (broad SMARTS) is 1. The molecule has 19 heavy (non-hydrogen) atoms. The minimum absolute atomic E-state index is 0.169. The van der Waals surface area contributed by atoms with Crippen LogP contribution in [0.1, 0.15) is 12.6 Å². The van der Waals surface area contributed by atoms with Gasteiger partial charge in [-0.1, -0.05) is 6.07 Å². The van der Waals surface area contributed by atoms with Gasteiger partial charge in [-0.15, -0.1) is 0 Å². The predicted octanol–water partition coefficient (Wildman–Crippen LogP) is -0.623. The molecule has 0 radical (unpaired) electrons. The molecule has 7 nitrogen and oxygen atoms in total. The number of aliphatic carboxylic acids is 1. The minimum atomic E-state index is -3.80. The summed E-state index contributed by atoms with van der Waals surface area (Å²) in [6.07, 6.45) is 0.398. The number of rotatable bonds is 7. The summed E-state index contributed by atoms with van der Waals surface area (Å²) in [5.41, 5.74) is 0.594. The van der Waals surface area contributed by atoms with Crippen molar-refractivity contribution in [3.05, 3.63) is 30.1 Å². The number of aliphatic hydroxyl groups is 1. The molecule has 0 aliphatic carbocycles. The second kappa shape index (κ2) is 6.60. The fraction of sp³-hybridized carbons (Fsp3) is 0.455. The Morgan fingerprint density at radius 2 is 2.16 bits per heavy atom. The van der Waals surface area contributed by atoms with Crippen LogP contribution in [0.3, 0.4) is 0 Å². The number of carbonyl (C=O) groups is 1. The SMILES string of the molecule is C[C@@H](O)[C@H](NS(=O)(=O)CCc1ccccn1)C(=O)O. The second-order valence-electron chi connectivity index (χ2n) is 4.06. The Hall–Kier alpha value is -1.51. The van der Waals surface area contributed by atoms with Gasteiger partial charge in [-0.05, 0) is 19.1 Å². The van der Waals surface area contributed by atoms with Crippen molar-refractivity contribution < 1.29 is 23.4 Å². The molecule has 8 heteroatoms. The largest absolute Gasteiger partial charge is 0.480 e. The number of carboxylic acids is 1. The molecule has 1 heterocycles. The third kappa shape index (κ3) is 5.33. The lowest BCUT2D eigenvalue weighted by molar-refractivity contribution is -0.141. The van der Waals surface area contributed by atoms with Crippen LogP contribution in [-0.4, -0.2) is 47.5 Å². The predicted molar refractivity (Wildman–Crippen MR) is 68.0 cm³/mol. The number of nitrogens with zero attached hydrogens (tertiary/aromatic N) is 1. The average molecular weight is 288 g/mol.